The Kier molecular flexibility index (Phi) is 10.9. The second-order valence-electron chi connectivity index (χ2n) is 4.88. The molecule has 0 spiro atoms. The number of carbonyl (C=O) groups excluding carboxylic acids is 1. The SMILES string of the molecule is CCNc1ccc(OCCOCCOCCOCC(C)=O)cc1.[HH]. The fourth-order valence-electron chi connectivity index (χ4n) is 1.75. The van der Waals surface area contributed by atoms with Gasteiger partial charge in [0.1, 0.15) is 19.0 Å². The van der Waals surface area contributed by atoms with Crippen LogP contribution in [0, 0.1) is 0 Å². The summed E-state index contributed by atoms with van der Waals surface area (Å²) in [7, 11) is 0. The van der Waals surface area contributed by atoms with Gasteiger partial charge in [-0.25, -0.2) is 0 Å². The Bertz CT molecular complexity index is 427. The fraction of sp³-hybridized carbons (Fsp3) is 0.588. The predicted molar refractivity (Wildman–Crippen MR) is 91.4 cm³/mol. The molecule has 6 nitrogen and oxygen atoms in total. The molecule has 0 bridgehead atoms. The molecule has 6 heteroatoms. The molecule has 0 aliphatic heterocycles. The molecule has 0 aliphatic carbocycles. The lowest BCUT2D eigenvalue weighted by Crippen LogP contribution is -2.14. The van der Waals surface area contributed by atoms with Crippen LogP contribution in [0.3, 0.4) is 0 Å². The van der Waals surface area contributed by atoms with E-state index in [1.807, 2.05) is 24.3 Å². The molecular weight excluding hydrogens is 298 g/mol. The second-order valence-corrected chi connectivity index (χ2v) is 4.88. The van der Waals surface area contributed by atoms with Gasteiger partial charge in [0.15, 0.2) is 5.78 Å². The summed E-state index contributed by atoms with van der Waals surface area (Å²) in [6, 6.07) is 7.84. The molecule has 0 unspecified atom stereocenters. The zero-order valence-electron chi connectivity index (χ0n) is 14.0. The second kappa shape index (κ2) is 12.9. The summed E-state index contributed by atoms with van der Waals surface area (Å²) in [5, 5.41) is 3.23. The molecular formula is C17H29NO5. The minimum atomic E-state index is 0. The highest BCUT2D eigenvalue weighted by molar-refractivity contribution is 5.76. The van der Waals surface area contributed by atoms with Gasteiger partial charge in [-0.3, -0.25) is 4.79 Å². The summed E-state index contributed by atoms with van der Waals surface area (Å²) in [6.45, 7) is 7.51. The van der Waals surface area contributed by atoms with Gasteiger partial charge in [-0.1, -0.05) is 0 Å². The van der Waals surface area contributed by atoms with Crippen molar-refractivity contribution in [1.29, 1.82) is 0 Å². The van der Waals surface area contributed by atoms with Gasteiger partial charge >= 0.3 is 0 Å². The van der Waals surface area contributed by atoms with Crippen molar-refractivity contribution in [3.63, 3.8) is 0 Å². The van der Waals surface area contributed by atoms with Crippen LogP contribution in [0.5, 0.6) is 5.75 Å². The maximum Gasteiger partial charge on any atom is 0.155 e. The number of hydrogen-bond donors (Lipinski definition) is 1. The van der Waals surface area contributed by atoms with Gasteiger partial charge in [-0.05, 0) is 38.1 Å². The van der Waals surface area contributed by atoms with Crippen LogP contribution in [0.25, 0.3) is 0 Å². The molecule has 0 amide bonds. The molecule has 1 aromatic rings. The van der Waals surface area contributed by atoms with Crippen molar-refractivity contribution < 1.29 is 25.2 Å². The smallest absolute Gasteiger partial charge is 0.155 e. The number of benzene rings is 1. The largest absolute Gasteiger partial charge is 0.491 e. The van der Waals surface area contributed by atoms with E-state index < -0.39 is 0 Å². The van der Waals surface area contributed by atoms with E-state index in [-0.39, 0.29) is 13.8 Å². The Hall–Kier alpha value is -1.63. The highest BCUT2D eigenvalue weighted by Gasteiger charge is 1.96. The quantitative estimate of drug-likeness (QED) is 0.529. The number of nitrogens with one attached hydrogen (secondary N) is 1. The first-order chi connectivity index (χ1) is 11.2. The lowest BCUT2D eigenvalue weighted by Gasteiger charge is -2.09. The van der Waals surface area contributed by atoms with Crippen LogP contribution in [0.15, 0.2) is 24.3 Å². The van der Waals surface area contributed by atoms with Gasteiger partial charge in [0.25, 0.3) is 0 Å². The van der Waals surface area contributed by atoms with E-state index in [4.69, 9.17) is 18.9 Å². The summed E-state index contributed by atoms with van der Waals surface area (Å²) >= 11 is 0. The Balaban J connectivity index is 0.00000529. The standard InChI is InChI=1S/C17H27NO5.H2/c1-3-18-16-4-6-17(7-5-16)23-13-12-21-9-8-20-10-11-22-14-15(2)19;/h4-7,18H,3,8-14H2,1-2H3;1H. The first-order valence-corrected chi connectivity index (χ1v) is 7.91. The lowest BCUT2D eigenvalue weighted by atomic mass is 10.3. The number of ketones is 1. The molecule has 1 N–H and O–H groups in total. The van der Waals surface area contributed by atoms with Crippen LogP contribution in [-0.2, 0) is 19.0 Å². The number of ether oxygens (including phenoxy) is 4. The third-order valence-electron chi connectivity index (χ3n) is 2.78. The highest BCUT2D eigenvalue weighted by atomic mass is 16.6. The van der Waals surface area contributed by atoms with Gasteiger partial charge < -0.3 is 24.3 Å². The van der Waals surface area contributed by atoms with Crippen molar-refractivity contribution in [2.75, 3.05) is 58.1 Å². The molecule has 0 aliphatic rings. The Morgan fingerprint density at radius 3 is 2.09 bits per heavy atom. The van der Waals surface area contributed by atoms with E-state index in [2.05, 4.69) is 12.2 Å². The van der Waals surface area contributed by atoms with Gasteiger partial charge in [0, 0.05) is 13.7 Å². The molecule has 23 heavy (non-hydrogen) atoms. The van der Waals surface area contributed by atoms with Crippen molar-refractivity contribution in [2.45, 2.75) is 13.8 Å². The molecule has 0 heterocycles. The molecule has 0 atom stereocenters. The summed E-state index contributed by atoms with van der Waals surface area (Å²) in [4.78, 5) is 10.6. The van der Waals surface area contributed by atoms with Crippen molar-refractivity contribution >= 4 is 11.5 Å². The number of carbonyl (C=O) groups is 1. The zero-order valence-corrected chi connectivity index (χ0v) is 14.0. The fourth-order valence-corrected chi connectivity index (χ4v) is 1.75. The number of anilines is 1. The Morgan fingerprint density at radius 2 is 1.52 bits per heavy atom. The van der Waals surface area contributed by atoms with E-state index in [1.165, 1.54) is 6.92 Å². The van der Waals surface area contributed by atoms with E-state index in [0.717, 1.165) is 18.0 Å². The number of hydrogen-bond acceptors (Lipinski definition) is 6. The van der Waals surface area contributed by atoms with Gasteiger partial charge in [-0.2, -0.15) is 0 Å². The van der Waals surface area contributed by atoms with Crippen LogP contribution in [-0.4, -0.2) is 58.6 Å². The normalized spacial score (nSPS) is 10.5. The molecule has 0 radical (unpaired) electrons. The monoisotopic (exact) mass is 327 g/mol. The summed E-state index contributed by atoms with van der Waals surface area (Å²) in [5.41, 5.74) is 1.08. The average molecular weight is 327 g/mol. The van der Waals surface area contributed by atoms with Crippen LogP contribution in [0.4, 0.5) is 5.69 Å². The van der Waals surface area contributed by atoms with Crippen LogP contribution in [0.2, 0.25) is 0 Å². The van der Waals surface area contributed by atoms with Crippen molar-refractivity contribution in [3.05, 3.63) is 24.3 Å². The maximum atomic E-state index is 10.6. The third kappa shape index (κ3) is 10.7. The summed E-state index contributed by atoms with van der Waals surface area (Å²) in [6.07, 6.45) is 0. The lowest BCUT2D eigenvalue weighted by molar-refractivity contribution is -0.122. The minimum Gasteiger partial charge on any atom is -0.491 e. The van der Waals surface area contributed by atoms with E-state index >= 15 is 0 Å². The third-order valence-corrected chi connectivity index (χ3v) is 2.78. The van der Waals surface area contributed by atoms with Crippen LogP contribution >= 0.6 is 0 Å². The first-order valence-electron chi connectivity index (χ1n) is 7.91. The molecule has 1 aromatic carbocycles. The molecule has 0 aromatic heterocycles. The Labute approximate surface area is 139 Å². The molecule has 1 rings (SSSR count). The summed E-state index contributed by atoms with van der Waals surface area (Å²) in [5.74, 6) is 0.846. The molecule has 0 saturated carbocycles. The van der Waals surface area contributed by atoms with Crippen molar-refractivity contribution in [1.82, 2.24) is 0 Å². The van der Waals surface area contributed by atoms with Crippen molar-refractivity contribution in [3.8, 4) is 5.75 Å². The van der Waals surface area contributed by atoms with Crippen LogP contribution in [0.1, 0.15) is 15.3 Å². The molecule has 0 saturated heterocycles. The molecule has 132 valence electrons. The van der Waals surface area contributed by atoms with Gasteiger partial charge in [0.2, 0.25) is 0 Å². The number of Topliss-reactive ketones (excluding diaryl/α,β-unsaturated/α-hetero) is 1. The van der Waals surface area contributed by atoms with Crippen LogP contribution < -0.4 is 10.1 Å². The summed E-state index contributed by atoms with van der Waals surface area (Å²) < 4.78 is 21.4. The zero-order chi connectivity index (χ0) is 16.8. The minimum absolute atomic E-state index is 0. The van der Waals surface area contributed by atoms with Gasteiger partial charge in [-0.15, -0.1) is 0 Å². The van der Waals surface area contributed by atoms with E-state index in [9.17, 15) is 4.79 Å². The van der Waals surface area contributed by atoms with Gasteiger partial charge in [0.05, 0.1) is 33.0 Å². The highest BCUT2D eigenvalue weighted by Crippen LogP contribution is 2.15. The topological polar surface area (TPSA) is 66.0 Å². The predicted octanol–water partition coefficient (Wildman–Crippen LogP) is 2.38. The van der Waals surface area contributed by atoms with E-state index in [0.29, 0.717) is 39.6 Å². The average Bonchev–Trinajstić information content (AvgIpc) is 2.54. The Morgan fingerprint density at radius 1 is 0.957 bits per heavy atom. The first kappa shape index (κ1) is 19.4. The maximum absolute atomic E-state index is 10.6. The molecule has 0 fully saturated rings. The van der Waals surface area contributed by atoms with E-state index in [1.54, 1.807) is 0 Å². The number of rotatable bonds is 14. The van der Waals surface area contributed by atoms with Crippen molar-refractivity contribution in [2.24, 2.45) is 0 Å².